The highest BCUT2D eigenvalue weighted by atomic mass is 16.4. The van der Waals surface area contributed by atoms with Crippen molar-refractivity contribution in [1.82, 2.24) is 10.2 Å². The molecular weight excluding hydrogens is 320 g/mol. The van der Waals surface area contributed by atoms with Crippen LogP contribution in [-0.4, -0.2) is 46.4 Å². The summed E-state index contributed by atoms with van der Waals surface area (Å²) in [5, 5.41) is 12.0. The Hall–Kier alpha value is -2.37. The van der Waals surface area contributed by atoms with Crippen molar-refractivity contribution in [3.8, 4) is 0 Å². The largest absolute Gasteiger partial charge is 0.480 e. The molecule has 6 heteroatoms. The maximum atomic E-state index is 12.5. The lowest BCUT2D eigenvalue weighted by molar-refractivity contribution is -0.142. The Morgan fingerprint density at radius 1 is 1.24 bits per heavy atom. The van der Waals surface area contributed by atoms with Gasteiger partial charge in [0.1, 0.15) is 6.04 Å². The van der Waals surface area contributed by atoms with Gasteiger partial charge in [0.2, 0.25) is 11.8 Å². The fourth-order valence-electron chi connectivity index (χ4n) is 3.33. The van der Waals surface area contributed by atoms with Gasteiger partial charge in [0.15, 0.2) is 0 Å². The van der Waals surface area contributed by atoms with Gasteiger partial charge >= 0.3 is 5.97 Å². The van der Waals surface area contributed by atoms with E-state index in [9.17, 15) is 19.5 Å². The van der Waals surface area contributed by atoms with E-state index < -0.39 is 17.9 Å². The van der Waals surface area contributed by atoms with Crippen molar-refractivity contribution in [2.75, 3.05) is 6.54 Å². The van der Waals surface area contributed by atoms with Gasteiger partial charge in [-0.1, -0.05) is 44.2 Å². The van der Waals surface area contributed by atoms with Gasteiger partial charge in [-0.05, 0) is 18.4 Å². The molecule has 1 heterocycles. The summed E-state index contributed by atoms with van der Waals surface area (Å²) in [5.41, 5.74) is 0.844. The van der Waals surface area contributed by atoms with E-state index in [1.54, 1.807) is 4.90 Å². The number of carboxylic acid groups (broad SMARTS) is 1. The van der Waals surface area contributed by atoms with Crippen molar-refractivity contribution in [2.45, 2.75) is 51.6 Å². The van der Waals surface area contributed by atoms with Crippen LogP contribution >= 0.6 is 0 Å². The summed E-state index contributed by atoms with van der Waals surface area (Å²) in [6, 6.07) is 8.33. The number of hydrogen-bond donors (Lipinski definition) is 2. The summed E-state index contributed by atoms with van der Waals surface area (Å²) in [7, 11) is 0. The first kappa shape index (κ1) is 19.0. The normalized spacial score (nSPS) is 18.4. The van der Waals surface area contributed by atoms with Crippen LogP contribution < -0.4 is 5.32 Å². The summed E-state index contributed by atoms with van der Waals surface area (Å²) in [6.07, 6.45) is 2.07. The zero-order chi connectivity index (χ0) is 18.4. The van der Waals surface area contributed by atoms with Crippen LogP contribution in [0.3, 0.4) is 0 Å². The van der Waals surface area contributed by atoms with E-state index in [1.807, 2.05) is 44.2 Å². The van der Waals surface area contributed by atoms with E-state index in [0.29, 0.717) is 6.54 Å². The topological polar surface area (TPSA) is 86.7 Å². The van der Waals surface area contributed by atoms with Crippen LogP contribution in [0.1, 0.15) is 38.7 Å². The quantitative estimate of drug-likeness (QED) is 0.752. The number of nitrogens with one attached hydrogen (secondary N) is 1. The predicted molar refractivity (Wildman–Crippen MR) is 93.9 cm³/mol. The maximum absolute atomic E-state index is 12.5. The van der Waals surface area contributed by atoms with Crippen molar-refractivity contribution >= 4 is 17.8 Å². The molecule has 1 unspecified atom stereocenters. The Labute approximate surface area is 148 Å². The first-order valence-electron chi connectivity index (χ1n) is 8.82. The number of carbonyl (C=O) groups excluding carboxylic acids is 2. The van der Waals surface area contributed by atoms with E-state index in [2.05, 4.69) is 5.32 Å². The third-order valence-electron chi connectivity index (χ3n) is 4.81. The molecule has 1 fully saturated rings. The fraction of sp³-hybridized carbons (Fsp3) is 0.526. The van der Waals surface area contributed by atoms with Crippen LogP contribution in [0.15, 0.2) is 30.3 Å². The molecule has 1 aliphatic heterocycles. The van der Waals surface area contributed by atoms with Crippen molar-refractivity contribution < 1.29 is 19.5 Å². The first-order chi connectivity index (χ1) is 12.0. The third-order valence-corrected chi connectivity index (χ3v) is 4.81. The Morgan fingerprint density at radius 3 is 2.44 bits per heavy atom. The number of amides is 2. The number of hydrogen-bond acceptors (Lipinski definition) is 3. The molecule has 0 bridgehead atoms. The minimum Gasteiger partial charge on any atom is -0.480 e. The summed E-state index contributed by atoms with van der Waals surface area (Å²) in [6.45, 7) is 4.42. The SMILES string of the molecule is CCC(CC)N1CC(C(=O)N[C@@H](Cc2ccccc2)C(=O)O)CC1=O. The summed E-state index contributed by atoms with van der Waals surface area (Å²) >= 11 is 0. The van der Waals surface area contributed by atoms with E-state index in [0.717, 1.165) is 18.4 Å². The van der Waals surface area contributed by atoms with Gasteiger partial charge in [-0.3, -0.25) is 9.59 Å². The molecule has 0 aliphatic carbocycles. The highest BCUT2D eigenvalue weighted by Gasteiger charge is 2.38. The second-order valence-corrected chi connectivity index (χ2v) is 6.51. The van der Waals surface area contributed by atoms with Crippen LogP contribution in [-0.2, 0) is 20.8 Å². The highest BCUT2D eigenvalue weighted by Crippen LogP contribution is 2.23. The molecule has 2 atom stereocenters. The fourth-order valence-corrected chi connectivity index (χ4v) is 3.33. The first-order valence-corrected chi connectivity index (χ1v) is 8.82. The van der Waals surface area contributed by atoms with Crippen LogP contribution in [0.25, 0.3) is 0 Å². The second kappa shape index (κ2) is 8.65. The Bertz CT molecular complexity index is 613. The molecule has 2 rings (SSSR count). The van der Waals surface area contributed by atoms with Gasteiger partial charge in [-0.2, -0.15) is 0 Å². The van der Waals surface area contributed by atoms with Crippen molar-refractivity contribution in [3.05, 3.63) is 35.9 Å². The standard InChI is InChI=1S/C19H26N2O4/c1-3-15(4-2)21-12-14(11-17(21)22)18(23)20-16(19(24)25)10-13-8-6-5-7-9-13/h5-9,14-16H,3-4,10-12H2,1-2H3,(H,20,23)(H,24,25)/t14?,16-/m0/s1. The molecule has 1 aromatic rings. The summed E-state index contributed by atoms with van der Waals surface area (Å²) < 4.78 is 0. The summed E-state index contributed by atoms with van der Waals surface area (Å²) in [5.74, 6) is -1.93. The molecular formula is C19H26N2O4. The molecule has 0 aromatic heterocycles. The Kier molecular flexibility index (Phi) is 6.56. The number of likely N-dealkylation sites (tertiary alicyclic amines) is 1. The van der Waals surface area contributed by atoms with Crippen molar-refractivity contribution in [1.29, 1.82) is 0 Å². The van der Waals surface area contributed by atoms with Gasteiger partial charge in [0.25, 0.3) is 0 Å². The maximum Gasteiger partial charge on any atom is 0.326 e. The highest BCUT2D eigenvalue weighted by molar-refractivity contribution is 5.91. The molecule has 2 N–H and O–H groups in total. The van der Waals surface area contributed by atoms with E-state index in [1.165, 1.54) is 0 Å². The van der Waals surface area contributed by atoms with Gasteiger partial charge < -0.3 is 15.3 Å². The molecule has 25 heavy (non-hydrogen) atoms. The molecule has 0 radical (unpaired) electrons. The number of carbonyl (C=O) groups is 3. The molecule has 1 aliphatic rings. The lowest BCUT2D eigenvalue weighted by Crippen LogP contribution is -2.45. The van der Waals surface area contributed by atoms with Gasteiger partial charge in [-0.25, -0.2) is 4.79 Å². The number of aliphatic carboxylic acids is 1. The number of benzene rings is 1. The Morgan fingerprint density at radius 2 is 1.88 bits per heavy atom. The average Bonchev–Trinajstić information content (AvgIpc) is 2.98. The van der Waals surface area contributed by atoms with E-state index >= 15 is 0 Å². The molecule has 0 saturated carbocycles. The van der Waals surface area contributed by atoms with E-state index in [4.69, 9.17) is 0 Å². The molecule has 2 amide bonds. The number of rotatable bonds is 8. The smallest absolute Gasteiger partial charge is 0.326 e. The van der Waals surface area contributed by atoms with Gasteiger partial charge in [-0.15, -0.1) is 0 Å². The van der Waals surface area contributed by atoms with Crippen molar-refractivity contribution in [2.24, 2.45) is 5.92 Å². The van der Waals surface area contributed by atoms with Gasteiger partial charge in [0, 0.05) is 25.4 Å². The molecule has 136 valence electrons. The lowest BCUT2D eigenvalue weighted by Gasteiger charge is -2.26. The van der Waals surface area contributed by atoms with Crippen LogP contribution in [0.5, 0.6) is 0 Å². The number of carboxylic acids is 1. The molecule has 1 saturated heterocycles. The van der Waals surface area contributed by atoms with Crippen molar-refractivity contribution in [3.63, 3.8) is 0 Å². The minimum atomic E-state index is -1.07. The molecule has 1 aromatic carbocycles. The predicted octanol–water partition coefficient (Wildman–Crippen LogP) is 1.84. The van der Waals surface area contributed by atoms with Crippen LogP contribution in [0.2, 0.25) is 0 Å². The Balaban J connectivity index is 1.99. The van der Waals surface area contributed by atoms with Gasteiger partial charge in [0.05, 0.1) is 5.92 Å². The average molecular weight is 346 g/mol. The van der Waals surface area contributed by atoms with Crippen LogP contribution in [0, 0.1) is 5.92 Å². The number of nitrogens with zero attached hydrogens (tertiary/aromatic N) is 1. The lowest BCUT2D eigenvalue weighted by atomic mass is 10.0. The monoisotopic (exact) mass is 346 g/mol. The zero-order valence-electron chi connectivity index (χ0n) is 14.8. The van der Waals surface area contributed by atoms with E-state index in [-0.39, 0.29) is 30.7 Å². The molecule has 0 spiro atoms. The minimum absolute atomic E-state index is 0.0243. The zero-order valence-corrected chi connectivity index (χ0v) is 14.8. The van der Waals surface area contributed by atoms with Crippen LogP contribution in [0.4, 0.5) is 0 Å². The second-order valence-electron chi connectivity index (χ2n) is 6.51. The third kappa shape index (κ3) is 4.81. The summed E-state index contributed by atoms with van der Waals surface area (Å²) in [4.78, 5) is 37.9. The molecule has 6 nitrogen and oxygen atoms in total.